The molecule has 0 N–H and O–H groups in total. The summed E-state index contributed by atoms with van der Waals surface area (Å²) in [6, 6.07) is 0. The second kappa shape index (κ2) is 7.36. The smallest absolute Gasteiger partial charge is 0.313 e. The highest BCUT2D eigenvalue weighted by atomic mass is 16.6. The molecule has 23 heavy (non-hydrogen) atoms. The fourth-order valence-electron chi connectivity index (χ4n) is 3.98. The summed E-state index contributed by atoms with van der Waals surface area (Å²) in [6.45, 7) is 21.1. The molecular weight excluding hydrogens is 288 g/mol. The van der Waals surface area contributed by atoms with Gasteiger partial charge in [-0.2, -0.15) is 0 Å². The van der Waals surface area contributed by atoms with Crippen LogP contribution < -0.4 is 0 Å². The molecule has 0 saturated heterocycles. The zero-order chi connectivity index (χ0) is 18.7. The molecular formula is C20H38O3. The minimum absolute atomic E-state index is 0.141. The van der Waals surface area contributed by atoms with Gasteiger partial charge in [0.1, 0.15) is 0 Å². The van der Waals surface area contributed by atoms with Gasteiger partial charge in [0.15, 0.2) is 0 Å². The van der Waals surface area contributed by atoms with Crippen LogP contribution in [0.4, 0.5) is 0 Å². The number of esters is 2. The van der Waals surface area contributed by atoms with Gasteiger partial charge in [0, 0.05) is 0 Å². The summed E-state index contributed by atoms with van der Waals surface area (Å²) >= 11 is 0. The zero-order valence-corrected chi connectivity index (χ0v) is 17.1. The highest BCUT2D eigenvalue weighted by molar-refractivity contribution is 5.86. The van der Waals surface area contributed by atoms with Crippen molar-refractivity contribution in [2.24, 2.45) is 21.7 Å². The van der Waals surface area contributed by atoms with Crippen LogP contribution in [-0.2, 0) is 14.3 Å². The standard InChI is InChI=1S/C20H38O3/c1-17(2,3)13-19(7,8)11-15(21)23-16(22)12-20(9,10)14-18(4,5)6/h11-14H2,1-10H3. The van der Waals surface area contributed by atoms with E-state index < -0.39 is 11.9 Å². The highest BCUT2D eigenvalue weighted by Gasteiger charge is 2.32. The van der Waals surface area contributed by atoms with Gasteiger partial charge in [-0.3, -0.25) is 9.59 Å². The van der Waals surface area contributed by atoms with Crippen LogP contribution in [0.15, 0.2) is 0 Å². The molecule has 0 unspecified atom stereocenters. The summed E-state index contributed by atoms with van der Waals surface area (Å²) in [7, 11) is 0. The van der Waals surface area contributed by atoms with Gasteiger partial charge in [-0.15, -0.1) is 0 Å². The Bertz CT molecular complexity index is 377. The van der Waals surface area contributed by atoms with Crippen molar-refractivity contribution in [1.82, 2.24) is 0 Å². The van der Waals surface area contributed by atoms with Crippen LogP contribution in [0, 0.1) is 21.7 Å². The maximum absolute atomic E-state index is 12.1. The topological polar surface area (TPSA) is 43.4 Å². The van der Waals surface area contributed by atoms with Crippen LogP contribution in [-0.4, -0.2) is 11.9 Å². The lowest BCUT2D eigenvalue weighted by atomic mass is 9.74. The van der Waals surface area contributed by atoms with Gasteiger partial charge in [-0.25, -0.2) is 0 Å². The third-order valence-corrected chi connectivity index (χ3v) is 3.49. The Morgan fingerprint density at radius 2 is 0.870 bits per heavy atom. The Kier molecular flexibility index (Phi) is 7.08. The van der Waals surface area contributed by atoms with Crippen molar-refractivity contribution in [2.45, 2.75) is 94.9 Å². The first kappa shape index (κ1) is 22.1. The van der Waals surface area contributed by atoms with E-state index in [4.69, 9.17) is 4.74 Å². The van der Waals surface area contributed by atoms with Gasteiger partial charge >= 0.3 is 11.9 Å². The van der Waals surface area contributed by atoms with E-state index >= 15 is 0 Å². The number of rotatable bonds is 6. The van der Waals surface area contributed by atoms with Gasteiger partial charge < -0.3 is 4.74 Å². The lowest BCUT2D eigenvalue weighted by Gasteiger charge is -2.32. The van der Waals surface area contributed by atoms with E-state index in [0.29, 0.717) is 0 Å². The van der Waals surface area contributed by atoms with Crippen molar-refractivity contribution >= 4 is 11.9 Å². The Morgan fingerprint density at radius 1 is 0.609 bits per heavy atom. The second-order valence-corrected chi connectivity index (χ2v) is 11.0. The predicted molar refractivity (Wildman–Crippen MR) is 96.0 cm³/mol. The molecule has 3 nitrogen and oxygen atoms in total. The Hall–Kier alpha value is -0.860. The molecule has 0 aliphatic rings. The molecule has 0 amide bonds. The van der Waals surface area contributed by atoms with Crippen LogP contribution >= 0.6 is 0 Å². The maximum Gasteiger partial charge on any atom is 0.313 e. The lowest BCUT2D eigenvalue weighted by Crippen LogP contribution is -2.28. The molecule has 0 aromatic rings. The third kappa shape index (κ3) is 12.3. The van der Waals surface area contributed by atoms with E-state index in [1.165, 1.54) is 0 Å². The molecule has 3 heteroatoms. The van der Waals surface area contributed by atoms with E-state index in [0.717, 1.165) is 12.8 Å². The van der Waals surface area contributed by atoms with E-state index in [1.54, 1.807) is 0 Å². The van der Waals surface area contributed by atoms with Crippen LogP contribution in [0.2, 0.25) is 0 Å². The van der Waals surface area contributed by atoms with Crippen molar-refractivity contribution in [3.05, 3.63) is 0 Å². The minimum Gasteiger partial charge on any atom is -0.393 e. The first-order chi connectivity index (χ1) is 9.91. The molecule has 0 aromatic carbocycles. The first-order valence-corrected chi connectivity index (χ1v) is 8.64. The molecule has 0 aliphatic carbocycles. The third-order valence-electron chi connectivity index (χ3n) is 3.49. The van der Waals surface area contributed by atoms with Gasteiger partial charge in [0.05, 0.1) is 12.8 Å². The van der Waals surface area contributed by atoms with Gasteiger partial charge in [-0.05, 0) is 34.5 Å². The molecule has 0 fully saturated rings. The molecule has 0 aliphatic heterocycles. The quantitative estimate of drug-likeness (QED) is 0.460. The lowest BCUT2D eigenvalue weighted by molar-refractivity contribution is -0.162. The molecule has 0 saturated carbocycles. The zero-order valence-electron chi connectivity index (χ0n) is 17.1. The summed E-state index contributed by atoms with van der Waals surface area (Å²) in [6.07, 6.45) is 2.35. The second-order valence-electron chi connectivity index (χ2n) is 11.0. The average molecular weight is 327 g/mol. The van der Waals surface area contributed by atoms with Gasteiger partial charge in [0.25, 0.3) is 0 Å². The first-order valence-electron chi connectivity index (χ1n) is 8.64. The van der Waals surface area contributed by atoms with Crippen molar-refractivity contribution in [3.8, 4) is 0 Å². The van der Waals surface area contributed by atoms with Crippen LogP contribution in [0.5, 0.6) is 0 Å². The van der Waals surface area contributed by atoms with Crippen molar-refractivity contribution in [1.29, 1.82) is 0 Å². The number of carbonyl (C=O) groups is 2. The van der Waals surface area contributed by atoms with Crippen LogP contribution in [0.1, 0.15) is 94.9 Å². The Labute approximate surface area is 143 Å². The molecule has 136 valence electrons. The minimum atomic E-state index is -0.407. The largest absolute Gasteiger partial charge is 0.393 e. The average Bonchev–Trinajstić information content (AvgIpc) is 2.03. The monoisotopic (exact) mass is 326 g/mol. The van der Waals surface area contributed by atoms with Gasteiger partial charge in [0.2, 0.25) is 0 Å². The fourth-order valence-corrected chi connectivity index (χ4v) is 3.98. The van der Waals surface area contributed by atoms with Crippen molar-refractivity contribution in [3.63, 3.8) is 0 Å². The van der Waals surface area contributed by atoms with E-state index in [9.17, 15) is 9.59 Å². The summed E-state index contributed by atoms with van der Waals surface area (Å²) in [5.74, 6) is -0.813. The molecule has 0 rings (SSSR count). The van der Waals surface area contributed by atoms with E-state index in [2.05, 4.69) is 41.5 Å². The fraction of sp³-hybridized carbons (Fsp3) is 0.900. The molecule has 0 spiro atoms. The SMILES string of the molecule is CC(C)(C)CC(C)(C)CC(=O)OC(=O)CC(C)(C)CC(C)(C)C. The summed E-state index contributed by atoms with van der Waals surface area (Å²) in [5.41, 5.74) is -0.0575. The summed E-state index contributed by atoms with van der Waals surface area (Å²) < 4.78 is 5.07. The molecule has 0 heterocycles. The number of hydrogen-bond acceptors (Lipinski definition) is 3. The number of ether oxygens (including phenoxy) is 1. The summed E-state index contributed by atoms with van der Waals surface area (Å²) in [4.78, 5) is 24.2. The van der Waals surface area contributed by atoms with E-state index in [1.807, 2.05) is 27.7 Å². The Morgan fingerprint density at radius 3 is 1.09 bits per heavy atom. The van der Waals surface area contributed by atoms with Gasteiger partial charge in [-0.1, -0.05) is 69.2 Å². The normalized spacial score (nSPS) is 13.8. The molecule has 0 bridgehead atoms. The molecule has 0 atom stereocenters. The summed E-state index contributed by atoms with van der Waals surface area (Å²) in [5, 5.41) is 0. The highest BCUT2D eigenvalue weighted by Crippen LogP contribution is 2.37. The van der Waals surface area contributed by atoms with Crippen molar-refractivity contribution < 1.29 is 14.3 Å². The predicted octanol–water partition coefficient (Wildman–Crippen LogP) is 5.76. The maximum atomic E-state index is 12.1. The van der Waals surface area contributed by atoms with E-state index in [-0.39, 0.29) is 34.5 Å². The Balaban J connectivity index is 4.54. The molecule has 0 aromatic heterocycles. The van der Waals surface area contributed by atoms with Crippen LogP contribution in [0.25, 0.3) is 0 Å². The number of carbonyl (C=O) groups excluding carboxylic acids is 2. The molecule has 0 radical (unpaired) electrons. The van der Waals surface area contributed by atoms with Crippen molar-refractivity contribution in [2.75, 3.05) is 0 Å². The van der Waals surface area contributed by atoms with Crippen LogP contribution in [0.3, 0.4) is 0 Å². The number of hydrogen-bond donors (Lipinski definition) is 0.